The van der Waals surface area contributed by atoms with Gasteiger partial charge < -0.3 is 9.47 Å². The molecular weight excluding hydrogens is 262 g/mol. The second-order valence-corrected chi connectivity index (χ2v) is 4.45. The maximum atomic E-state index is 5.42. The van der Waals surface area contributed by atoms with E-state index in [0.717, 1.165) is 28.1 Å². The predicted octanol–water partition coefficient (Wildman–Crippen LogP) is 4.66. The summed E-state index contributed by atoms with van der Waals surface area (Å²) in [5, 5.41) is 2.33. The average Bonchev–Trinajstić information content (AvgIpc) is 3.04. The summed E-state index contributed by atoms with van der Waals surface area (Å²) in [6.07, 6.45) is 1.84. The second kappa shape index (κ2) is 5.83. The third kappa shape index (κ3) is 2.42. The maximum Gasteiger partial charge on any atom is 0.231 e. The summed E-state index contributed by atoms with van der Waals surface area (Å²) in [6, 6.07) is 16.2. The minimum absolute atomic E-state index is 0.293. The van der Waals surface area contributed by atoms with Gasteiger partial charge in [0, 0.05) is 17.1 Å². The minimum atomic E-state index is 0.293. The van der Waals surface area contributed by atoms with E-state index >= 15 is 0 Å². The second-order valence-electron chi connectivity index (χ2n) is 4.45. The quantitative estimate of drug-likeness (QED) is 0.649. The van der Waals surface area contributed by atoms with Gasteiger partial charge in [-0.25, -0.2) is 0 Å². The molecule has 2 aromatic carbocycles. The van der Waals surface area contributed by atoms with E-state index in [1.807, 2.05) is 56.4 Å². The molecule has 21 heavy (non-hydrogen) atoms. The van der Waals surface area contributed by atoms with Gasteiger partial charge in [-0.1, -0.05) is 38.1 Å². The first-order valence-electron chi connectivity index (χ1n) is 7.15. The third-order valence-electron chi connectivity index (χ3n) is 3.32. The molecule has 4 rings (SSSR count). The highest BCUT2D eigenvalue weighted by Gasteiger charge is 2.15. The monoisotopic (exact) mass is 279 g/mol. The van der Waals surface area contributed by atoms with Crippen molar-refractivity contribution in [3.8, 4) is 22.8 Å². The number of nitrogens with zero attached hydrogens (tertiary/aromatic N) is 1. The normalized spacial score (nSPS) is 11.9. The Kier molecular flexibility index (Phi) is 3.73. The molecule has 3 aromatic rings. The fourth-order valence-corrected chi connectivity index (χ4v) is 2.39. The van der Waals surface area contributed by atoms with Crippen molar-refractivity contribution < 1.29 is 9.47 Å². The summed E-state index contributed by atoms with van der Waals surface area (Å²) >= 11 is 0. The Morgan fingerprint density at radius 3 is 2.62 bits per heavy atom. The van der Waals surface area contributed by atoms with E-state index in [1.54, 1.807) is 0 Å². The van der Waals surface area contributed by atoms with Gasteiger partial charge in [0.05, 0.1) is 5.69 Å². The van der Waals surface area contributed by atoms with Crippen LogP contribution in [-0.4, -0.2) is 11.8 Å². The first-order chi connectivity index (χ1) is 10.4. The van der Waals surface area contributed by atoms with Gasteiger partial charge in [-0.15, -0.1) is 0 Å². The lowest BCUT2D eigenvalue weighted by Crippen LogP contribution is -1.92. The standard InChI is InChI=1S/C16H11NO2.C2H6/c1-2-4-13-11(3-1)7-8-17-16(13)12-5-6-14-15(9-12)19-10-18-14;1-2/h1-9H,10H2;1-2H3. The number of rotatable bonds is 1. The third-order valence-corrected chi connectivity index (χ3v) is 3.32. The number of hydrogen-bond donors (Lipinski definition) is 0. The van der Waals surface area contributed by atoms with Crippen molar-refractivity contribution >= 4 is 10.8 Å². The molecule has 3 nitrogen and oxygen atoms in total. The van der Waals surface area contributed by atoms with Crippen LogP contribution in [0.15, 0.2) is 54.7 Å². The minimum Gasteiger partial charge on any atom is -0.454 e. The molecule has 106 valence electrons. The molecular formula is C18H17NO2. The van der Waals surface area contributed by atoms with Crippen molar-refractivity contribution in [3.05, 3.63) is 54.7 Å². The number of benzene rings is 2. The molecule has 1 aromatic heterocycles. The van der Waals surface area contributed by atoms with Gasteiger partial charge in [0.1, 0.15) is 0 Å². The van der Waals surface area contributed by atoms with E-state index in [4.69, 9.17) is 9.47 Å². The Labute approximate surface area is 124 Å². The SMILES string of the molecule is CC.c1ccc2c(-c3ccc4c(c3)OCO4)nccc2c1. The molecule has 3 heteroatoms. The first kappa shape index (κ1) is 13.4. The molecule has 1 aliphatic heterocycles. The highest BCUT2D eigenvalue weighted by Crippen LogP contribution is 2.36. The summed E-state index contributed by atoms with van der Waals surface area (Å²) in [4.78, 5) is 4.51. The van der Waals surface area contributed by atoms with Crippen LogP contribution in [-0.2, 0) is 0 Å². The average molecular weight is 279 g/mol. The summed E-state index contributed by atoms with van der Waals surface area (Å²) in [5.74, 6) is 1.58. The summed E-state index contributed by atoms with van der Waals surface area (Å²) < 4.78 is 10.8. The van der Waals surface area contributed by atoms with Crippen LogP contribution in [0, 0.1) is 0 Å². The highest BCUT2D eigenvalue weighted by molar-refractivity contribution is 5.94. The van der Waals surface area contributed by atoms with E-state index in [1.165, 1.54) is 5.39 Å². The molecule has 0 atom stereocenters. The van der Waals surface area contributed by atoms with Crippen LogP contribution in [0.4, 0.5) is 0 Å². The molecule has 0 radical (unpaired) electrons. The van der Waals surface area contributed by atoms with Crippen LogP contribution in [0.25, 0.3) is 22.0 Å². The molecule has 0 saturated heterocycles. The van der Waals surface area contributed by atoms with Gasteiger partial charge in [-0.05, 0) is 29.7 Å². The number of pyridine rings is 1. The first-order valence-corrected chi connectivity index (χ1v) is 7.15. The molecule has 0 unspecified atom stereocenters. The Morgan fingerprint density at radius 2 is 1.71 bits per heavy atom. The number of hydrogen-bond acceptors (Lipinski definition) is 3. The van der Waals surface area contributed by atoms with Gasteiger partial charge in [-0.2, -0.15) is 0 Å². The fraction of sp³-hybridized carbons (Fsp3) is 0.167. The van der Waals surface area contributed by atoms with Gasteiger partial charge in [0.15, 0.2) is 11.5 Å². The van der Waals surface area contributed by atoms with E-state index in [-0.39, 0.29) is 0 Å². The van der Waals surface area contributed by atoms with Crippen LogP contribution in [0.5, 0.6) is 11.5 Å². The maximum absolute atomic E-state index is 5.42. The summed E-state index contributed by atoms with van der Waals surface area (Å²) in [6.45, 7) is 4.29. The zero-order valence-corrected chi connectivity index (χ0v) is 12.2. The van der Waals surface area contributed by atoms with Gasteiger partial charge in [0.25, 0.3) is 0 Å². The molecule has 1 aliphatic rings. The summed E-state index contributed by atoms with van der Waals surface area (Å²) in [5.41, 5.74) is 2.01. The van der Waals surface area contributed by atoms with Crippen LogP contribution in [0.1, 0.15) is 13.8 Å². The van der Waals surface area contributed by atoms with Crippen LogP contribution < -0.4 is 9.47 Å². The highest BCUT2D eigenvalue weighted by atomic mass is 16.7. The molecule has 0 aliphatic carbocycles. The molecule has 0 spiro atoms. The Morgan fingerprint density at radius 1 is 0.905 bits per heavy atom. The molecule has 0 bridgehead atoms. The fourth-order valence-electron chi connectivity index (χ4n) is 2.39. The lowest BCUT2D eigenvalue weighted by molar-refractivity contribution is 0.174. The Balaban J connectivity index is 0.000000636. The van der Waals surface area contributed by atoms with Crippen molar-refractivity contribution in [1.82, 2.24) is 4.98 Å². The zero-order chi connectivity index (χ0) is 14.7. The van der Waals surface area contributed by atoms with Crippen molar-refractivity contribution in [2.45, 2.75) is 13.8 Å². The Hall–Kier alpha value is -2.55. The molecule has 0 saturated carbocycles. The van der Waals surface area contributed by atoms with Crippen molar-refractivity contribution in [1.29, 1.82) is 0 Å². The number of ether oxygens (including phenoxy) is 2. The lowest BCUT2D eigenvalue weighted by atomic mass is 10.0. The van der Waals surface area contributed by atoms with E-state index in [2.05, 4.69) is 17.1 Å². The topological polar surface area (TPSA) is 31.4 Å². The van der Waals surface area contributed by atoms with Crippen molar-refractivity contribution in [3.63, 3.8) is 0 Å². The molecule has 2 heterocycles. The van der Waals surface area contributed by atoms with E-state index < -0.39 is 0 Å². The van der Waals surface area contributed by atoms with Gasteiger partial charge in [-0.3, -0.25) is 4.98 Å². The van der Waals surface area contributed by atoms with Crippen molar-refractivity contribution in [2.75, 3.05) is 6.79 Å². The lowest BCUT2D eigenvalue weighted by Gasteiger charge is -2.06. The largest absolute Gasteiger partial charge is 0.454 e. The van der Waals surface area contributed by atoms with E-state index in [0.29, 0.717) is 6.79 Å². The zero-order valence-electron chi connectivity index (χ0n) is 12.2. The Bertz CT molecular complexity index is 763. The smallest absolute Gasteiger partial charge is 0.231 e. The molecule has 0 amide bonds. The van der Waals surface area contributed by atoms with Gasteiger partial charge >= 0.3 is 0 Å². The molecule has 0 N–H and O–H groups in total. The number of aromatic nitrogens is 1. The van der Waals surface area contributed by atoms with E-state index in [9.17, 15) is 0 Å². The van der Waals surface area contributed by atoms with Crippen LogP contribution in [0.3, 0.4) is 0 Å². The predicted molar refractivity (Wildman–Crippen MR) is 84.7 cm³/mol. The van der Waals surface area contributed by atoms with Gasteiger partial charge in [0.2, 0.25) is 6.79 Å². The summed E-state index contributed by atoms with van der Waals surface area (Å²) in [7, 11) is 0. The van der Waals surface area contributed by atoms with Crippen LogP contribution in [0.2, 0.25) is 0 Å². The molecule has 0 fully saturated rings. The van der Waals surface area contributed by atoms with Crippen LogP contribution >= 0.6 is 0 Å². The number of fused-ring (bicyclic) bond motifs is 2. The van der Waals surface area contributed by atoms with Crippen molar-refractivity contribution in [2.24, 2.45) is 0 Å².